The minimum atomic E-state index is -4.53. The quantitative estimate of drug-likeness (QED) is 0.458. The van der Waals surface area contributed by atoms with Crippen LogP contribution in [0.5, 0.6) is 5.75 Å². The summed E-state index contributed by atoms with van der Waals surface area (Å²) < 4.78 is 45.9. The average Bonchev–Trinajstić information content (AvgIpc) is 3.35. The number of alkyl halides is 3. The Hall–Kier alpha value is -2.33. The second-order valence-corrected chi connectivity index (χ2v) is 8.36. The first kappa shape index (κ1) is 23.3. The lowest BCUT2D eigenvalue weighted by Crippen LogP contribution is -2.35. The van der Waals surface area contributed by atoms with Crippen LogP contribution in [0.1, 0.15) is 50.3 Å². The molecular formula is C21H26F3N3O3S. The molecule has 0 saturated carbocycles. The van der Waals surface area contributed by atoms with Crippen molar-refractivity contribution in [1.82, 2.24) is 9.88 Å². The van der Waals surface area contributed by atoms with E-state index < -0.39 is 23.8 Å². The first-order valence-electron chi connectivity index (χ1n) is 10.3. The van der Waals surface area contributed by atoms with Crippen molar-refractivity contribution in [3.8, 4) is 5.75 Å². The third-order valence-electron chi connectivity index (χ3n) is 5.11. The molecule has 0 spiro atoms. The van der Waals surface area contributed by atoms with Crippen molar-refractivity contribution in [3.05, 3.63) is 34.8 Å². The van der Waals surface area contributed by atoms with Gasteiger partial charge in [0.1, 0.15) is 11.8 Å². The summed E-state index contributed by atoms with van der Waals surface area (Å²) in [5.41, 5.74) is 0.124. The number of halogens is 3. The smallest absolute Gasteiger partial charge is 0.420 e. The van der Waals surface area contributed by atoms with E-state index in [-0.39, 0.29) is 18.0 Å². The summed E-state index contributed by atoms with van der Waals surface area (Å²) in [4.78, 5) is 17.6. The van der Waals surface area contributed by atoms with Gasteiger partial charge in [0.25, 0.3) is 0 Å². The lowest BCUT2D eigenvalue weighted by Gasteiger charge is -2.19. The molecule has 6 nitrogen and oxygen atoms in total. The number of benzene rings is 1. The third-order valence-corrected chi connectivity index (χ3v) is 5.91. The number of unbranched alkanes of at least 4 members (excludes halogenated alkanes) is 2. The van der Waals surface area contributed by atoms with E-state index in [1.807, 2.05) is 11.8 Å². The summed E-state index contributed by atoms with van der Waals surface area (Å²) in [7, 11) is 0. The SMILES string of the molecule is CCCCCOc1ccc(Nc2nc(CN3CCC[C@@H]3C(=O)O)cs2)cc1C(F)(F)F. The molecule has 10 heteroatoms. The van der Waals surface area contributed by atoms with Gasteiger partial charge in [0, 0.05) is 17.6 Å². The molecule has 1 atom stereocenters. The van der Waals surface area contributed by atoms with Crippen molar-refractivity contribution in [2.24, 2.45) is 0 Å². The number of nitrogens with zero attached hydrogens (tertiary/aromatic N) is 2. The summed E-state index contributed by atoms with van der Waals surface area (Å²) in [5, 5.41) is 14.4. The van der Waals surface area contributed by atoms with Gasteiger partial charge in [-0.1, -0.05) is 19.8 Å². The van der Waals surface area contributed by atoms with Gasteiger partial charge >= 0.3 is 12.1 Å². The Morgan fingerprint density at radius 1 is 1.39 bits per heavy atom. The van der Waals surface area contributed by atoms with Gasteiger partial charge < -0.3 is 15.2 Å². The number of likely N-dealkylation sites (tertiary alicyclic amines) is 1. The molecule has 2 heterocycles. The molecule has 3 rings (SSSR count). The number of anilines is 2. The van der Waals surface area contributed by atoms with E-state index in [1.54, 1.807) is 5.38 Å². The molecule has 1 fully saturated rings. The number of carboxylic acid groups (broad SMARTS) is 1. The third kappa shape index (κ3) is 6.33. The number of carboxylic acids is 1. The van der Waals surface area contributed by atoms with Gasteiger partial charge in [-0.2, -0.15) is 13.2 Å². The van der Waals surface area contributed by atoms with Crippen molar-refractivity contribution in [1.29, 1.82) is 0 Å². The van der Waals surface area contributed by atoms with Gasteiger partial charge in [0.2, 0.25) is 0 Å². The summed E-state index contributed by atoms with van der Waals surface area (Å²) in [6.45, 7) is 3.34. The fourth-order valence-electron chi connectivity index (χ4n) is 3.55. The molecule has 1 aromatic heterocycles. The van der Waals surface area contributed by atoms with E-state index in [9.17, 15) is 23.1 Å². The molecule has 0 bridgehead atoms. The molecule has 0 unspecified atom stereocenters. The van der Waals surface area contributed by atoms with E-state index in [1.165, 1.54) is 23.5 Å². The van der Waals surface area contributed by atoms with E-state index in [4.69, 9.17) is 4.74 Å². The Bertz CT molecular complexity index is 888. The average molecular weight is 458 g/mol. The fourth-order valence-corrected chi connectivity index (χ4v) is 4.27. The van der Waals surface area contributed by atoms with Crippen LogP contribution in [0.2, 0.25) is 0 Å². The molecular weight excluding hydrogens is 431 g/mol. The molecule has 0 amide bonds. The number of hydrogen-bond acceptors (Lipinski definition) is 6. The van der Waals surface area contributed by atoms with Crippen molar-refractivity contribution in [3.63, 3.8) is 0 Å². The van der Waals surface area contributed by atoms with Crippen LogP contribution < -0.4 is 10.1 Å². The highest BCUT2D eigenvalue weighted by atomic mass is 32.1. The zero-order chi connectivity index (χ0) is 22.4. The van der Waals surface area contributed by atoms with Gasteiger partial charge in [0.15, 0.2) is 5.13 Å². The minimum absolute atomic E-state index is 0.178. The normalized spacial score (nSPS) is 17.1. The summed E-state index contributed by atoms with van der Waals surface area (Å²) in [6, 6.07) is 3.37. The van der Waals surface area contributed by atoms with E-state index in [0.717, 1.165) is 25.3 Å². The maximum atomic E-state index is 13.5. The van der Waals surface area contributed by atoms with E-state index >= 15 is 0 Å². The van der Waals surface area contributed by atoms with Crippen LogP contribution in [-0.2, 0) is 17.5 Å². The standard InChI is InChI=1S/C21H26F3N3O3S/c1-2-3-4-10-30-18-8-7-14(11-16(18)21(22,23)24)25-20-26-15(13-31-20)12-27-9-5-6-17(27)19(28)29/h7-8,11,13,17H,2-6,9-10,12H2,1H3,(H,25,26)(H,28,29)/t17-/m1/s1. The largest absolute Gasteiger partial charge is 0.493 e. The highest BCUT2D eigenvalue weighted by Gasteiger charge is 2.35. The molecule has 31 heavy (non-hydrogen) atoms. The first-order valence-corrected chi connectivity index (χ1v) is 11.2. The fraction of sp³-hybridized carbons (Fsp3) is 0.524. The molecule has 0 aliphatic carbocycles. The Morgan fingerprint density at radius 3 is 2.90 bits per heavy atom. The molecule has 2 N–H and O–H groups in total. The Morgan fingerprint density at radius 2 is 2.19 bits per heavy atom. The van der Waals surface area contributed by atoms with E-state index in [2.05, 4.69) is 10.3 Å². The summed E-state index contributed by atoms with van der Waals surface area (Å²) >= 11 is 1.27. The van der Waals surface area contributed by atoms with Crippen molar-refractivity contribution in [2.75, 3.05) is 18.5 Å². The van der Waals surface area contributed by atoms with E-state index in [0.29, 0.717) is 36.8 Å². The van der Waals surface area contributed by atoms with Gasteiger partial charge in [0.05, 0.1) is 17.9 Å². The topological polar surface area (TPSA) is 74.7 Å². The number of hydrogen-bond donors (Lipinski definition) is 2. The minimum Gasteiger partial charge on any atom is -0.493 e. The first-order chi connectivity index (χ1) is 14.8. The zero-order valence-electron chi connectivity index (χ0n) is 17.2. The Labute approximate surface area is 183 Å². The van der Waals surface area contributed by atoms with Gasteiger partial charge in [-0.3, -0.25) is 9.69 Å². The molecule has 1 aliphatic heterocycles. The molecule has 1 aromatic carbocycles. The zero-order valence-corrected chi connectivity index (χ0v) is 18.1. The van der Waals surface area contributed by atoms with Crippen molar-refractivity contribution >= 4 is 28.1 Å². The lowest BCUT2D eigenvalue weighted by atomic mass is 10.1. The number of carbonyl (C=O) groups is 1. The number of nitrogens with one attached hydrogen (secondary N) is 1. The predicted octanol–water partition coefficient (Wildman–Crippen LogP) is 5.52. The highest BCUT2D eigenvalue weighted by molar-refractivity contribution is 7.13. The highest BCUT2D eigenvalue weighted by Crippen LogP contribution is 2.38. The summed E-state index contributed by atoms with van der Waals surface area (Å²) in [6.07, 6.45) is -0.541. The second-order valence-electron chi connectivity index (χ2n) is 7.50. The number of aromatic nitrogens is 1. The van der Waals surface area contributed by atoms with Crippen molar-refractivity contribution in [2.45, 2.75) is 57.8 Å². The molecule has 0 radical (unpaired) electrons. The van der Waals surface area contributed by atoms with Gasteiger partial charge in [-0.05, 0) is 44.0 Å². The molecule has 1 saturated heterocycles. The van der Waals surface area contributed by atoms with Gasteiger partial charge in [-0.25, -0.2) is 4.98 Å². The van der Waals surface area contributed by atoms with Crippen LogP contribution in [0, 0.1) is 0 Å². The molecule has 170 valence electrons. The van der Waals surface area contributed by atoms with Crippen LogP contribution in [0.3, 0.4) is 0 Å². The van der Waals surface area contributed by atoms with Gasteiger partial charge in [-0.15, -0.1) is 11.3 Å². The number of aliphatic carboxylic acids is 1. The van der Waals surface area contributed by atoms with Crippen molar-refractivity contribution < 1.29 is 27.8 Å². The predicted molar refractivity (Wildman–Crippen MR) is 113 cm³/mol. The molecule has 2 aromatic rings. The monoisotopic (exact) mass is 457 g/mol. The van der Waals surface area contributed by atoms with Crippen LogP contribution in [0.4, 0.5) is 24.0 Å². The van der Waals surface area contributed by atoms with Crippen LogP contribution >= 0.6 is 11.3 Å². The summed E-state index contributed by atoms with van der Waals surface area (Å²) in [5.74, 6) is -1.02. The lowest BCUT2D eigenvalue weighted by molar-refractivity contribution is -0.142. The Kier molecular flexibility index (Phi) is 7.77. The molecule has 1 aliphatic rings. The second kappa shape index (κ2) is 10.3. The maximum absolute atomic E-state index is 13.5. The van der Waals surface area contributed by atoms with Crippen LogP contribution in [0.15, 0.2) is 23.6 Å². The maximum Gasteiger partial charge on any atom is 0.420 e. The Balaban J connectivity index is 1.67. The number of rotatable bonds is 10. The van der Waals surface area contributed by atoms with Crippen LogP contribution in [0.25, 0.3) is 0 Å². The van der Waals surface area contributed by atoms with Crippen LogP contribution in [-0.4, -0.2) is 40.2 Å². The number of thiazole rings is 1. The number of ether oxygens (including phenoxy) is 1.